The molecule has 0 fully saturated rings. The van der Waals surface area contributed by atoms with Gasteiger partial charge in [0.25, 0.3) is 0 Å². The van der Waals surface area contributed by atoms with Crippen molar-refractivity contribution in [3.63, 3.8) is 0 Å². The smallest absolute Gasteiger partial charge is 0.361 e. The Morgan fingerprint density at radius 1 is 0.774 bits per heavy atom. The van der Waals surface area contributed by atoms with Crippen molar-refractivity contribution in [3.8, 4) is 0 Å². The monoisotopic (exact) mass is 432 g/mol. The summed E-state index contributed by atoms with van der Waals surface area (Å²) in [6, 6.07) is 29.0. The molecule has 6 heteroatoms. The van der Waals surface area contributed by atoms with Crippen LogP contribution < -0.4 is 15.6 Å². The van der Waals surface area contributed by atoms with Crippen LogP contribution in [-0.4, -0.2) is 34.0 Å². The van der Waals surface area contributed by atoms with Gasteiger partial charge in [0.1, 0.15) is 0 Å². The fourth-order valence-corrected chi connectivity index (χ4v) is 7.09. The molecule has 0 saturated carbocycles. The molecule has 0 heterocycles. The fraction of sp³-hybridized carbons (Fsp3) is 0.120. The SMILES string of the molecule is CCOC(=O)/C=C(\OC)C(=O)O[Si](c1ccccc1)(c1ccccc1)c1ccccc1. The second-order valence-electron chi connectivity index (χ2n) is 6.63. The van der Waals surface area contributed by atoms with Gasteiger partial charge in [0.05, 0.1) is 19.8 Å². The lowest BCUT2D eigenvalue weighted by Gasteiger charge is -2.32. The van der Waals surface area contributed by atoms with Crippen LogP contribution in [-0.2, 0) is 23.5 Å². The van der Waals surface area contributed by atoms with E-state index in [1.807, 2.05) is 91.0 Å². The van der Waals surface area contributed by atoms with Gasteiger partial charge in [0.2, 0.25) is 5.76 Å². The second-order valence-corrected chi connectivity index (χ2v) is 9.93. The Bertz CT molecular complexity index is 937. The molecule has 0 saturated heterocycles. The molecule has 3 rings (SSSR count). The third-order valence-corrected chi connectivity index (χ3v) is 8.67. The Labute approximate surface area is 183 Å². The normalized spacial score (nSPS) is 11.5. The Hall–Kier alpha value is -3.64. The minimum Gasteiger partial charge on any atom is -0.500 e. The molecule has 0 radical (unpaired) electrons. The average molecular weight is 433 g/mol. The number of methoxy groups -OCH3 is 1. The molecule has 0 amide bonds. The molecule has 158 valence electrons. The molecule has 0 bridgehead atoms. The molecular weight excluding hydrogens is 408 g/mol. The Morgan fingerprint density at radius 2 is 1.19 bits per heavy atom. The standard InChI is InChI=1S/C25H24O5Si/c1-3-29-24(26)19-23(28-2)25(27)30-31(20-13-7-4-8-14-20,21-15-9-5-10-16-21)22-17-11-6-12-18-22/h4-19H,3H2,1-2H3/b23-19-. The minimum absolute atomic E-state index is 0.193. The van der Waals surface area contributed by atoms with Crippen LogP contribution in [0, 0.1) is 0 Å². The summed E-state index contributed by atoms with van der Waals surface area (Å²) in [5.41, 5.74) is 0. The molecule has 5 nitrogen and oxygen atoms in total. The Balaban J connectivity index is 2.18. The topological polar surface area (TPSA) is 61.8 Å². The Morgan fingerprint density at radius 3 is 1.55 bits per heavy atom. The highest BCUT2D eigenvalue weighted by Gasteiger charge is 2.46. The number of hydrogen-bond acceptors (Lipinski definition) is 5. The zero-order chi connectivity index (χ0) is 22.1. The van der Waals surface area contributed by atoms with Gasteiger partial charge in [-0.05, 0) is 22.5 Å². The minimum atomic E-state index is -3.26. The summed E-state index contributed by atoms with van der Waals surface area (Å²) < 4.78 is 16.4. The van der Waals surface area contributed by atoms with Crippen LogP contribution in [0.5, 0.6) is 0 Å². The van der Waals surface area contributed by atoms with Gasteiger partial charge in [-0.1, -0.05) is 91.0 Å². The van der Waals surface area contributed by atoms with Gasteiger partial charge in [-0.15, -0.1) is 0 Å². The van der Waals surface area contributed by atoms with Crippen molar-refractivity contribution < 1.29 is 23.5 Å². The van der Waals surface area contributed by atoms with E-state index in [1.165, 1.54) is 7.11 Å². The number of benzene rings is 3. The molecule has 0 aliphatic heterocycles. The van der Waals surface area contributed by atoms with E-state index in [1.54, 1.807) is 6.92 Å². The number of ether oxygens (including phenoxy) is 2. The van der Waals surface area contributed by atoms with Gasteiger partial charge < -0.3 is 13.9 Å². The predicted molar refractivity (Wildman–Crippen MR) is 122 cm³/mol. The highest BCUT2D eigenvalue weighted by molar-refractivity contribution is 7.07. The number of esters is 1. The first-order valence-corrected chi connectivity index (χ1v) is 11.8. The number of carbonyl (C=O) groups is 2. The molecular formula is C25H24O5Si. The van der Waals surface area contributed by atoms with E-state index in [4.69, 9.17) is 13.9 Å². The quantitative estimate of drug-likeness (QED) is 0.180. The van der Waals surface area contributed by atoms with Crippen molar-refractivity contribution in [3.05, 3.63) is 103 Å². The molecule has 0 atom stereocenters. The van der Waals surface area contributed by atoms with E-state index >= 15 is 0 Å². The molecule has 31 heavy (non-hydrogen) atoms. The van der Waals surface area contributed by atoms with Gasteiger partial charge in [0.15, 0.2) is 0 Å². The average Bonchev–Trinajstić information content (AvgIpc) is 2.82. The van der Waals surface area contributed by atoms with Crippen LogP contribution in [0.15, 0.2) is 103 Å². The lowest BCUT2D eigenvalue weighted by Crippen LogP contribution is -2.70. The number of hydrogen-bond donors (Lipinski definition) is 0. The third kappa shape index (κ3) is 4.92. The zero-order valence-electron chi connectivity index (χ0n) is 17.5. The lowest BCUT2D eigenvalue weighted by atomic mass is 10.3. The molecule has 0 N–H and O–H groups in total. The van der Waals surface area contributed by atoms with Crippen LogP contribution in [0.1, 0.15) is 6.92 Å². The first-order valence-electron chi connectivity index (χ1n) is 9.94. The van der Waals surface area contributed by atoms with Crippen LogP contribution in [0.25, 0.3) is 0 Å². The molecule has 3 aromatic rings. The largest absolute Gasteiger partial charge is 0.500 e. The summed E-state index contributed by atoms with van der Waals surface area (Å²) in [7, 11) is -1.94. The van der Waals surface area contributed by atoms with E-state index in [0.717, 1.165) is 21.6 Å². The van der Waals surface area contributed by atoms with Crippen molar-refractivity contribution in [2.24, 2.45) is 0 Å². The van der Waals surface area contributed by atoms with Gasteiger partial charge in [-0.25, -0.2) is 9.59 Å². The first-order chi connectivity index (χ1) is 15.1. The maximum Gasteiger partial charge on any atom is 0.361 e. The van der Waals surface area contributed by atoms with Crippen molar-refractivity contribution >= 4 is 35.8 Å². The van der Waals surface area contributed by atoms with Gasteiger partial charge in [-0.3, -0.25) is 0 Å². The highest BCUT2D eigenvalue weighted by Crippen LogP contribution is 2.13. The summed E-state index contributed by atoms with van der Waals surface area (Å²) in [5.74, 6) is -1.60. The summed E-state index contributed by atoms with van der Waals surface area (Å²) in [4.78, 5) is 25.2. The van der Waals surface area contributed by atoms with Crippen molar-refractivity contribution in [1.82, 2.24) is 0 Å². The van der Waals surface area contributed by atoms with Crippen molar-refractivity contribution in [2.75, 3.05) is 13.7 Å². The van der Waals surface area contributed by atoms with Crippen molar-refractivity contribution in [2.45, 2.75) is 6.92 Å². The van der Waals surface area contributed by atoms with Crippen molar-refractivity contribution in [1.29, 1.82) is 0 Å². The van der Waals surface area contributed by atoms with Gasteiger partial charge in [-0.2, -0.15) is 0 Å². The number of rotatable bonds is 8. The maximum atomic E-state index is 13.3. The van der Waals surface area contributed by atoms with E-state index < -0.39 is 20.3 Å². The van der Waals surface area contributed by atoms with Gasteiger partial charge in [0, 0.05) is 0 Å². The van der Waals surface area contributed by atoms with E-state index in [0.29, 0.717) is 0 Å². The van der Waals surface area contributed by atoms with E-state index in [2.05, 4.69) is 0 Å². The first kappa shape index (κ1) is 22.1. The summed E-state index contributed by atoms with van der Waals surface area (Å²) in [6.07, 6.45) is 1.02. The molecule has 0 aromatic heterocycles. The van der Waals surface area contributed by atoms with Crippen LogP contribution >= 0.6 is 0 Å². The fourth-order valence-electron chi connectivity index (χ4n) is 3.38. The molecule has 3 aromatic carbocycles. The van der Waals surface area contributed by atoms with Crippen LogP contribution in [0.4, 0.5) is 0 Å². The number of carbonyl (C=O) groups excluding carboxylic acids is 2. The maximum absolute atomic E-state index is 13.3. The summed E-state index contributed by atoms with van der Waals surface area (Å²) in [5, 5.41) is 2.69. The molecule has 0 spiro atoms. The molecule has 0 aliphatic rings. The predicted octanol–water partition coefficient (Wildman–Crippen LogP) is 2.29. The third-order valence-electron chi connectivity index (χ3n) is 4.74. The zero-order valence-corrected chi connectivity index (χ0v) is 18.5. The molecule has 0 unspecified atom stereocenters. The van der Waals surface area contributed by atoms with Gasteiger partial charge >= 0.3 is 20.3 Å². The van der Waals surface area contributed by atoms with E-state index in [9.17, 15) is 9.59 Å². The van der Waals surface area contributed by atoms with Crippen LogP contribution in [0.2, 0.25) is 0 Å². The van der Waals surface area contributed by atoms with Crippen LogP contribution in [0.3, 0.4) is 0 Å². The lowest BCUT2D eigenvalue weighted by molar-refractivity contribution is -0.139. The molecule has 0 aliphatic carbocycles. The second kappa shape index (κ2) is 10.4. The highest BCUT2D eigenvalue weighted by atomic mass is 28.4. The summed E-state index contributed by atoms with van der Waals surface area (Å²) >= 11 is 0. The summed E-state index contributed by atoms with van der Waals surface area (Å²) in [6.45, 7) is 1.88. The van der Waals surface area contributed by atoms with E-state index in [-0.39, 0.29) is 12.4 Å². The Kier molecular flexibility index (Phi) is 7.40.